The van der Waals surface area contributed by atoms with Gasteiger partial charge in [-0.25, -0.2) is 24.0 Å². The Hall–Kier alpha value is -1.18. The first-order chi connectivity index (χ1) is 8.53. The van der Waals surface area contributed by atoms with Gasteiger partial charge in [0.2, 0.25) is 10.0 Å². The summed E-state index contributed by atoms with van der Waals surface area (Å²) in [5.74, 6) is 5.87. The van der Waals surface area contributed by atoms with Crippen molar-refractivity contribution < 1.29 is 8.42 Å². The highest BCUT2D eigenvalue weighted by molar-refractivity contribution is 7.89. The molecule has 0 atom stereocenters. The molecule has 0 spiro atoms. The molecule has 0 fully saturated rings. The molecule has 1 aromatic rings. The van der Waals surface area contributed by atoms with E-state index in [1.807, 2.05) is 13.8 Å². The molecular formula is C11H20N4O2S. The largest absolute Gasteiger partial charge is 0.308 e. The molecule has 0 bridgehead atoms. The van der Waals surface area contributed by atoms with Crippen LogP contribution in [0.15, 0.2) is 23.2 Å². The molecule has 0 saturated carbocycles. The van der Waals surface area contributed by atoms with Crippen molar-refractivity contribution in [3.63, 3.8) is 0 Å². The number of rotatable bonds is 7. The van der Waals surface area contributed by atoms with Crippen molar-refractivity contribution in [2.45, 2.75) is 31.6 Å². The highest BCUT2D eigenvalue weighted by Gasteiger charge is 2.16. The van der Waals surface area contributed by atoms with E-state index in [0.29, 0.717) is 18.3 Å². The predicted molar refractivity (Wildman–Crippen MR) is 71.3 cm³/mol. The molecule has 0 amide bonds. The van der Waals surface area contributed by atoms with Crippen molar-refractivity contribution in [1.29, 1.82) is 0 Å². The molecule has 18 heavy (non-hydrogen) atoms. The van der Waals surface area contributed by atoms with Crippen molar-refractivity contribution in [2.75, 3.05) is 12.0 Å². The van der Waals surface area contributed by atoms with E-state index in [4.69, 9.17) is 5.84 Å². The molecule has 1 rings (SSSR count). The number of hydrogen-bond acceptors (Lipinski definition) is 5. The fourth-order valence-corrected chi connectivity index (χ4v) is 2.67. The highest BCUT2D eigenvalue weighted by atomic mass is 32.2. The van der Waals surface area contributed by atoms with Gasteiger partial charge in [-0.05, 0) is 12.0 Å². The van der Waals surface area contributed by atoms with Crippen molar-refractivity contribution in [3.8, 4) is 0 Å². The Kier molecular flexibility index (Phi) is 5.52. The number of hydrazine groups is 1. The standard InChI is InChI=1S/C11H20N4O2S/c1-3-9(4-2)8-14-18(16,17)10-5-6-13-11(7-10)15-12/h5-7,9,14H,3-4,8,12H2,1-2H3,(H,13,15). The van der Waals surface area contributed by atoms with Crippen LogP contribution >= 0.6 is 0 Å². The summed E-state index contributed by atoms with van der Waals surface area (Å²) in [6, 6.07) is 2.84. The molecule has 0 aromatic carbocycles. The van der Waals surface area contributed by atoms with Gasteiger partial charge in [-0.3, -0.25) is 0 Å². The summed E-state index contributed by atoms with van der Waals surface area (Å²) in [6.07, 6.45) is 3.30. The lowest BCUT2D eigenvalue weighted by Gasteiger charge is -2.13. The van der Waals surface area contributed by atoms with Crippen LogP contribution in [0, 0.1) is 5.92 Å². The minimum absolute atomic E-state index is 0.163. The van der Waals surface area contributed by atoms with E-state index in [1.54, 1.807) is 0 Å². The molecule has 0 unspecified atom stereocenters. The zero-order valence-corrected chi connectivity index (χ0v) is 11.5. The second kappa shape index (κ2) is 6.67. The molecule has 7 heteroatoms. The van der Waals surface area contributed by atoms with Gasteiger partial charge in [0.05, 0.1) is 4.90 Å². The summed E-state index contributed by atoms with van der Waals surface area (Å²) >= 11 is 0. The number of nitrogens with two attached hydrogens (primary N) is 1. The number of sulfonamides is 1. The number of nitrogens with one attached hydrogen (secondary N) is 2. The average Bonchev–Trinajstić information content (AvgIpc) is 2.40. The van der Waals surface area contributed by atoms with Gasteiger partial charge in [0.25, 0.3) is 0 Å². The first kappa shape index (κ1) is 14.9. The van der Waals surface area contributed by atoms with E-state index in [-0.39, 0.29) is 4.90 Å². The van der Waals surface area contributed by atoms with E-state index in [0.717, 1.165) is 12.8 Å². The molecule has 0 radical (unpaired) electrons. The molecule has 0 saturated heterocycles. The second-order valence-electron chi connectivity index (χ2n) is 4.06. The molecule has 1 aromatic heterocycles. The summed E-state index contributed by atoms with van der Waals surface area (Å²) < 4.78 is 26.7. The number of nitrogens with zero attached hydrogens (tertiary/aromatic N) is 1. The third-order valence-electron chi connectivity index (χ3n) is 2.91. The zero-order chi connectivity index (χ0) is 13.6. The molecule has 4 N–H and O–H groups in total. The lowest BCUT2D eigenvalue weighted by Crippen LogP contribution is -2.29. The summed E-state index contributed by atoms with van der Waals surface area (Å²) in [5.41, 5.74) is 2.32. The lowest BCUT2D eigenvalue weighted by molar-refractivity contribution is 0.479. The van der Waals surface area contributed by atoms with E-state index in [2.05, 4.69) is 15.1 Å². The maximum atomic E-state index is 12.0. The first-order valence-electron chi connectivity index (χ1n) is 5.95. The van der Waals surface area contributed by atoms with Gasteiger partial charge < -0.3 is 5.43 Å². The third kappa shape index (κ3) is 3.94. The fourth-order valence-electron chi connectivity index (χ4n) is 1.55. The van der Waals surface area contributed by atoms with Crippen molar-refractivity contribution in [1.82, 2.24) is 9.71 Å². The minimum atomic E-state index is -3.49. The van der Waals surface area contributed by atoms with Gasteiger partial charge in [-0.2, -0.15) is 0 Å². The topological polar surface area (TPSA) is 97.1 Å². The maximum Gasteiger partial charge on any atom is 0.240 e. The average molecular weight is 272 g/mol. The smallest absolute Gasteiger partial charge is 0.240 e. The van der Waals surface area contributed by atoms with Gasteiger partial charge in [0, 0.05) is 18.8 Å². The van der Waals surface area contributed by atoms with Gasteiger partial charge in [0.15, 0.2) is 0 Å². The second-order valence-corrected chi connectivity index (χ2v) is 5.82. The van der Waals surface area contributed by atoms with E-state index < -0.39 is 10.0 Å². The van der Waals surface area contributed by atoms with Gasteiger partial charge >= 0.3 is 0 Å². The Morgan fingerprint density at radius 1 is 1.39 bits per heavy atom. The lowest BCUT2D eigenvalue weighted by atomic mass is 10.0. The summed E-state index contributed by atoms with van der Waals surface area (Å²) in [7, 11) is -3.49. The summed E-state index contributed by atoms with van der Waals surface area (Å²) in [6.45, 7) is 4.54. The summed E-state index contributed by atoms with van der Waals surface area (Å²) in [4.78, 5) is 4.03. The number of aromatic nitrogens is 1. The minimum Gasteiger partial charge on any atom is -0.308 e. The maximum absolute atomic E-state index is 12.0. The normalized spacial score (nSPS) is 11.8. The molecule has 1 heterocycles. The number of nitrogen functional groups attached to an aromatic ring is 1. The molecule has 0 aliphatic heterocycles. The van der Waals surface area contributed by atoms with Crippen molar-refractivity contribution in [2.24, 2.45) is 11.8 Å². The van der Waals surface area contributed by atoms with Crippen LogP contribution in [0.5, 0.6) is 0 Å². The van der Waals surface area contributed by atoms with Crippen LogP contribution in [-0.4, -0.2) is 19.9 Å². The molecule has 102 valence electrons. The SMILES string of the molecule is CCC(CC)CNS(=O)(=O)c1ccnc(NN)c1. The van der Waals surface area contributed by atoms with Crippen LogP contribution in [0.25, 0.3) is 0 Å². The summed E-state index contributed by atoms with van der Waals surface area (Å²) in [5, 5.41) is 0. The van der Waals surface area contributed by atoms with Crippen LogP contribution in [0.1, 0.15) is 26.7 Å². The van der Waals surface area contributed by atoms with Crippen LogP contribution < -0.4 is 16.0 Å². The molecule has 6 nitrogen and oxygen atoms in total. The van der Waals surface area contributed by atoms with E-state index in [1.165, 1.54) is 18.3 Å². The van der Waals surface area contributed by atoms with Gasteiger partial charge in [-0.15, -0.1) is 0 Å². The molecule has 0 aliphatic rings. The van der Waals surface area contributed by atoms with Crippen molar-refractivity contribution in [3.05, 3.63) is 18.3 Å². The van der Waals surface area contributed by atoms with Crippen LogP contribution in [-0.2, 0) is 10.0 Å². The Labute approximate surface area is 108 Å². The van der Waals surface area contributed by atoms with Gasteiger partial charge in [-0.1, -0.05) is 26.7 Å². The molecular weight excluding hydrogens is 252 g/mol. The van der Waals surface area contributed by atoms with Crippen LogP contribution in [0.3, 0.4) is 0 Å². The predicted octanol–water partition coefficient (Wildman–Crippen LogP) is 1.08. The quantitative estimate of drug-likeness (QED) is 0.510. The number of pyridine rings is 1. The monoisotopic (exact) mass is 272 g/mol. The van der Waals surface area contributed by atoms with E-state index >= 15 is 0 Å². The highest BCUT2D eigenvalue weighted by Crippen LogP contribution is 2.13. The Morgan fingerprint density at radius 3 is 2.61 bits per heavy atom. The van der Waals surface area contributed by atoms with Crippen molar-refractivity contribution >= 4 is 15.8 Å². The number of hydrogen-bond donors (Lipinski definition) is 3. The Balaban J connectivity index is 2.79. The molecule has 0 aliphatic carbocycles. The first-order valence-corrected chi connectivity index (χ1v) is 7.44. The van der Waals surface area contributed by atoms with E-state index in [9.17, 15) is 8.42 Å². The van der Waals surface area contributed by atoms with Crippen LogP contribution in [0.4, 0.5) is 5.82 Å². The van der Waals surface area contributed by atoms with Crippen LogP contribution in [0.2, 0.25) is 0 Å². The van der Waals surface area contributed by atoms with Gasteiger partial charge in [0.1, 0.15) is 5.82 Å². The Bertz CT molecular complexity index is 472. The third-order valence-corrected chi connectivity index (χ3v) is 4.33. The Morgan fingerprint density at radius 2 is 2.06 bits per heavy atom. The zero-order valence-electron chi connectivity index (χ0n) is 10.7. The fraction of sp³-hybridized carbons (Fsp3) is 0.545. The number of anilines is 1.